The first-order valence-corrected chi connectivity index (χ1v) is 9.05. The fourth-order valence-corrected chi connectivity index (χ4v) is 3.30. The molecule has 6 heteroatoms. The predicted octanol–water partition coefficient (Wildman–Crippen LogP) is 3.42. The van der Waals surface area contributed by atoms with E-state index in [1.807, 2.05) is 6.07 Å². The Balaban J connectivity index is 1.52. The van der Waals surface area contributed by atoms with Gasteiger partial charge in [-0.25, -0.2) is 0 Å². The third-order valence-corrected chi connectivity index (χ3v) is 4.83. The lowest BCUT2D eigenvalue weighted by Gasteiger charge is -2.18. The van der Waals surface area contributed by atoms with E-state index in [1.54, 1.807) is 66.8 Å². The molecule has 2 heterocycles. The van der Waals surface area contributed by atoms with Gasteiger partial charge in [0.15, 0.2) is 0 Å². The lowest BCUT2D eigenvalue weighted by atomic mass is 10.1. The van der Waals surface area contributed by atoms with Crippen molar-refractivity contribution in [2.75, 3.05) is 18.6 Å². The molecule has 1 aliphatic heterocycles. The van der Waals surface area contributed by atoms with Gasteiger partial charge in [0.25, 0.3) is 11.8 Å². The molecule has 2 aromatic carbocycles. The average molecular weight is 376 g/mol. The smallest absolute Gasteiger partial charge is 0.258 e. The zero-order valence-corrected chi connectivity index (χ0v) is 15.5. The van der Waals surface area contributed by atoms with E-state index in [1.165, 1.54) is 0 Å². The first-order chi connectivity index (χ1) is 13.7. The van der Waals surface area contributed by atoms with Gasteiger partial charge in [-0.05, 0) is 60.5 Å². The van der Waals surface area contributed by atoms with Crippen molar-refractivity contribution in [2.45, 2.75) is 13.0 Å². The topological polar surface area (TPSA) is 71.8 Å². The van der Waals surface area contributed by atoms with Crippen molar-refractivity contribution in [3.63, 3.8) is 0 Å². The maximum Gasteiger partial charge on any atom is 0.258 e. The van der Waals surface area contributed by atoms with Crippen LogP contribution in [-0.4, -0.2) is 25.5 Å². The first kappa shape index (κ1) is 17.9. The fraction of sp³-hybridized carbons (Fsp3) is 0.182. The summed E-state index contributed by atoms with van der Waals surface area (Å²) in [5.41, 5.74) is 2.94. The number of ether oxygens (including phenoxy) is 1. The van der Waals surface area contributed by atoms with Crippen LogP contribution in [0.2, 0.25) is 0 Å². The summed E-state index contributed by atoms with van der Waals surface area (Å²) in [5, 5.41) is 2.83. The van der Waals surface area contributed by atoms with Gasteiger partial charge in [-0.3, -0.25) is 9.59 Å². The molecule has 4 rings (SSSR count). The van der Waals surface area contributed by atoms with E-state index in [4.69, 9.17) is 9.15 Å². The van der Waals surface area contributed by atoms with Crippen molar-refractivity contribution < 1.29 is 18.7 Å². The van der Waals surface area contributed by atoms with Crippen LogP contribution in [0.5, 0.6) is 5.75 Å². The second kappa shape index (κ2) is 7.60. The number of hydrogen-bond acceptors (Lipinski definition) is 4. The molecule has 0 saturated carbocycles. The molecule has 6 nitrogen and oxygen atoms in total. The maximum absolute atomic E-state index is 12.9. The average Bonchev–Trinajstić information content (AvgIpc) is 3.40. The van der Waals surface area contributed by atoms with E-state index in [0.717, 1.165) is 17.7 Å². The normalized spacial score (nSPS) is 12.5. The molecule has 0 fully saturated rings. The summed E-state index contributed by atoms with van der Waals surface area (Å²) in [6.45, 7) is 0.912. The van der Waals surface area contributed by atoms with Crippen LogP contribution in [0.4, 0.5) is 5.69 Å². The van der Waals surface area contributed by atoms with Gasteiger partial charge in [0, 0.05) is 23.4 Å². The monoisotopic (exact) mass is 376 g/mol. The van der Waals surface area contributed by atoms with Crippen molar-refractivity contribution >= 4 is 17.5 Å². The molecule has 0 unspecified atom stereocenters. The lowest BCUT2D eigenvalue weighted by molar-refractivity contribution is 0.0945. The largest absolute Gasteiger partial charge is 0.497 e. The van der Waals surface area contributed by atoms with Crippen LogP contribution >= 0.6 is 0 Å². The van der Waals surface area contributed by atoms with Crippen LogP contribution in [0.25, 0.3) is 0 Å². The molecule has 1 N–H and O–H groups in total. The Morgan fingerprint density at radius 2 is 1.89 bits per heavy atom. The summed E-state index contributed by atoms with van der Waals surface area (Å²) in [5.74, 6) is 1.09. The van der Waals surface area contributed by atoms with E-state index in [9.17, 15) is 9.59 Å². The fourth-order valence-electron chi connectivity index (χ4n) is 3.30. The van der Waals surface area contributed by atoms with Gasteiger partial charge in [-0.15, -0.1) is 0 Å². The zero-order chi connectivity index (χ0) is 19.5. The van der Waals surface area contributed by atoms with E-state index in [2.05, 4.69) is 5.32 Å². The Morgan fingerprint density at radius 3 is 2.61 bits per heavy atom. The molecule has 142 valence electrons. The zero-order valence-electron chi connectivity index (χ0n) is 15.5. The highest BCUT2D eigenvalue weighted by Crippen LogP contribution is 2.30. The molecule has 1 aromatic heterocycles. The highest BCUT2D eigenvalue weighted by Gasteiger charge is 2.26. The van der Waals surface area contributed by atoms with Gasteiger partial charge >= 0.3 is 0 Å². The SMILES string of the molecule is COc1ccc(C(=O)N2CCc3ccc(C(=O)NCc4ccco4)cc32)cc1. The highest BCUT2D eigenvalue weighted by atomic mass is 16.5. The summed E-state index contributed by atoms with van der Waals surface area (Å²) < 4.78 is 10.4. The second-order valence-electron chi connectivity index (χ2n) is 6.54. The summed E-state index contributed by atoms with van der Waals surface area (Å²) >= 11 is 0. The van der Waals surface area contributed by atoms with Crippen LogP contribution in [0.1, 0.15) is 32.0 Å². The Morgan fingerprint density at radius 1 is 1.11 bits per heavy atom. The number of hydrogen-bond donors (Lipinski definition) is 1. The maximum atomic E-state index is 12.9. The highest BCUT2D eigenvalue weighted by molar-refractivity contribution is 6.08. The van der Waals surface area contributed by atoms with Crippen LogP contribution in [0.3, 0.4) is 0 Å². The van der Waals surface area contributed by atoms with Gasteiger partial charge in [0.05, 0.1) is 19.9 Å². The lowest BCUT2D eigenvalue weighted by Crippen LogP contribution is -2.29. The third kappa shape index (κ3) is 3.49. The van der Waals surface area contributed by atoms with Crippen LogP contribution in [-0.2, 0) is 13.0 Å². The number of methoxy groups -OCH3 is 1. The molecular weight excluding hydrogens is 356 g/mol. The van der Waals surface area contributed by atoms with Crippen LogP contribution in [0.15, 0.2) is 65.3 Å². The summed E-state index contributed by atoms with van der Waals surface area (Å²) in [6, 6.07) is 16.1. The third-order valence-electron chi connectivity index (χ3n) is 4.83. The van der Waals surface area contributed by atoms with Gasteiger partial charge in [0.1, 0.15) is 11.5 Å². The summed E-state index contributed by atoms with van der Waals surface area (Å²) in [6.07, 6.45) is 2.34. The number of furan rings is 1. The Hall–Kier alpha value is -3.54. The molecule has 0 bridgehead atoms. The molecule has 3 aromatic rings. The van der Waals surface area contributed by atoms with E-state index < -0.39 is 0 Å². The Labute approximate surface area is 162 Å². The summed E-state index contributed by atoms with van der Waals surface area (Å²) in [4.78, 5) is 27.2. The number of fused-ring (bicyclic) bond motifs is 1. The van der Waals surface area contributed by atoms with Crippen molar-refractivity contribution in [2.24, 2.45) is 0 Å². The van der Waals surface area contributed by atoms with E-state index >= 15 is 0 Å². The van der Waals surface area contributed by atoms with Crippen molar-refractivity contribution in [1.29, 1.82) is 0 Å². The molecule has 0 aliphatic carbocycles. The molecule has 0 spiro atoms. The van der Waals surface area contributed by atoms with E-state index in [0.29, 0.717) is 35.7 Å². The molecule has 0 saturated heterocycles. The molecule has 28 heavy (non-hydrogen) atoms. The van der Waals surface area contributed by atoms with Gasteiger partial charge in [-0.2, -0.15) is 0 Å². The van der Waals surface area contributed by atoms with Gasteiger partial charge in [-0.1, -0.05) is 6.07 Å². The van der Waals surface area contributed by atoms with E-state index in [-0.39, 0.29) is 11.8 Å². The molecule has 0 radical (unpaired) electrons. The number of anilines is 1. The minimum Gasteiger partial charge on any atom is -0.497 e. The predicted molar refractivity (Wildman–Crippen MR) is 105 cm³/mol. The number of carbonyl (C=O) groups is 2. The quantitative estimate of drug-likeness (QED) is 0.741. The minimum atomic E-state index is -0.206. The minimum absolute atomic E-state index is 0.0884. The van der Waals surface area contributed by atoms with Crippen LogP contribution in [0, 0.1) is 0 Å². The summed E-state index contributed by atoms with van der Waals surface area (Å²) in [7, 11) is 1.59. The van der Waals surface area contributed by atoms with Crippen molar-refractivity contribution in [3.8, 4) is 5.75 Å². The number of benzene rings is 2. The number of carbonyl (C=O) groups excluding carboxylic acids is 2. The number of nitrogens with zero attached hydrogens (tertiary/aromatic N) is 1. The van der Waals surface area contributed by atoms with Crippen molar-refractivity contribution in [3.05, 3.63) is 83.3 Å². The Bertz CT molecular complexity index is 994. The van der Waals surface area contributed by atoms with Gasteiger partial charge < -0.3 is 19.4 Å². The molecule has 1 aliphatic rings. The van der Waals surface area contributed by atoms with Gasteiger partial charge in [0.2, 0.25) is 0 Å². The molecule has 2 amide bonds. The number of amides is 2. The first-order valence-electron chi connectivity index (χ1n) is 9.05. The second-order valence-corrected chi connectivity index (χ2v) is 6.54. The molecular formula is C22H20N2O4. The van der Waals surface area contributed by atoms with Crippen molar-refractivity contribution in [1.82, 2.24) is 5.32 Å². The number of rotatable bonds is 5. The number of nitrogens with one attached hydrogen (secondary N) is 1. The van der Waals surface area contributed by atoms with Crippen LogP contribution < -0.4 is 15.0 Å². The molecule has 0 atom stereocenters. The standard InChI is InChI=1S/C22H20N2O4/c1-27-18-8-6-16(7-9-18)22(26)24-11-10-15-4-5-17(13-20(15)24)21(25)23-14-19-3-2-12-28-19/h2-9,12-13H,10-11,14H2,1H3,(H,23,25). The Kier molecular flexibility index (Phi) is 4.85.